The molecule has 3 nitrogen and oxygen atoms in total. The van der Waals surface area contributed by atoms with E-state index in [1.807, 2.05) is 13.8 Å². The first-order valence-electron chi connectivity index (χ1n) is 5.04. The van der Waals surface area contributed by atoms with Crippen LogP contribution in [0.2, 0.25) is 0 Å². The Morgan fingerprint density at radius 2 is 2.29 bits per heavy atom. The van der Waals surface area contributed by atoms with Crippen LogP contribution in [0.25, 0.3) is 0 Å². The van der Waals surface area contributed by atoms with Crippen LogP contribution >= 0.6 is 0 Å². The van der Waals surface area contributed by atoms with Crippen LogP contribution in [0, 0.1) is 5.41 Å². The second-order valence-electron chi connectivity index (χ2n) is 4.60. The summed E-state index contributed by atoms with van der Waals surface area (Å²) >= 11 is 0. The largest absolute Gasteiger partial charge is 0.481 e. The standard InChI is InChI=1S/C11H19NO2/c1-9(2)4-6-12-7-5-11(3,8-12)10(13)14/h1,4-8H2,2-3H3,(H,13,14). The third-order valence-corrected chi connectivity index (χ3v) is 2.92. The summed E-state index contributed by atoms with van der Waals surface area (Å²) in [6.07, 6.45) is 1.73. The number of carbonyl (C=O) groups is 1. The van der Waals surface area contributed by atoms with E-state index in [-0.39, 0.29) is 0 Å². The maximum Gasteiger partial charge on any atom is 0.310 e. The first-order chi connectivity index (χ1) is 6.44. The normalized spacial score (nSPS) is 27.9. The van der Waals surface area contributed by atoms with Crippen LogP contribution in [0.4, 0.5) is 0 Å². The quantitative estimate of drug-likeness (QED) is 0.698. The molecule has 80 valence electrons. The molecule has 1 saturated heterocycles. The lowest BCUT2D eigenvalue weighted by atomic mass is 9.90. The maximum atomic E-state index is 11.0. The van der Waals surface area contributed by atoms with Crippen LogP contribution in [0.1, 0.15) is 26.7 Å². The van der Waals surface area contributed by atoms with E-state index in [2.05, 4.69) is 11.5 Å². The van der Waals surface area contributed by atoms with E-state index < -0.39 is 11.4 Å². The van der Waals surface area contributed by atoms with Crippen molar-refractivity contribution in [3.8, 4) is 0 Å². The molecule has 14 heavy (non-hydrogen) atoms. The molecule has 3 heteroatoms. The minimum Gasteiger partial charge on any atom is -0.481 e. The van der Waals surface area contributed by atoms with Gasteiger partial charge in [0.05, 0.1) is 5.41 Å². The monoisotopic (exact) mass is 197 g/mol. The zero-order chi connectivity index (χ0) is 10.8. The summed E-state index contributed by atoms with van der Waals surface area (Å²) in [4.78, 5) is 13.2. The van der Waals surface area contributed by atoms with E-state index in [0.29, 0.717) is 6.54 Å². The summed E-state index contributed by atoms with van der Waals surface area (Å²) in [5, 5.41) is 9.02. The predicted molar refractivity (Wildman–Crippen MR) is 56.2 cm³/mol. The van der Waals surface area contributed by atoms with Crippen molar-refractivity contribution in [2.45, 2.75) is 26.7 Å². The zero-order valence-electron chi connectivity index (χ0n) is 9.05. The van der Waals surface area contributed by atoms with Crippen molar-refractivity contribution in [1.29, 1.82) is 0 Å². The second-order valence-corrected chi connectivity index (χ2v) is 4.60. The molecule has 1 atom stereocenters. The number of likely N-dealkylation sites (tertiary alicyclic amines) is 1. The molecule has 1 unspecified atom stereocenters. The lowest BCUT2D eigenvalue weighted by molar-refractivity contribution is -0.147. The number of aliphatic carboxylic acids is 1. The molecule has 0 aromatic carbocycles. The van der Waals surface area contributed by atoms with E-state index in [1.54, 1.807) is 0 Å². The maximum absolute atomic E-state index is 11.0. The van der Waals surface area contributed by atoms with Gasteiger partial charge in [-0.25, -0.2) is 0 Å². The summed E-state index contributed by atoms with van der Waals surface area (Å²) < 4.78 is 0. The Morgan fingerprint density at radius 1 is 1.64 bits per heavy atom. The van der Waals surface area contributed by atoms with E-state index in [1.165, 1.54) is 0 Å². The van der Waals surface area contributed by atoms with Gasteiger partial charge in [-0.05, 0) is 33.2 Å². The first-order valence-corrected chi connectivity index (χ1v) is 5.04. The van der Waals surface area contributed by atoms with Gasteiger partial charge in [0.25, 0.3) is 0 Å². The fourth-order valence-electron chi connectivity index (χ4n) is 1.77. The third kappa shape index (κ3) is 2.58. The molecule has 0 aliphatic carbocycles. The van der Waals surface area contributed by atoms with Gasteiger partial charge < -0.3 is 10.0 Å². The van der Waals surface area contributed by atoms with Crippen molar-refractivity contribution >= 4 is 5.97 Å². The van der Waals surface area contributed by atoms with Crippen molar-refractivity contribution in [3.63, 3.8) is 0 Å². The Morgan fingerprint density at radius 3 is 2.71 bits per heavy atom. The smallest absolute Gasteiger partial charge is 0.310 e. The minimum atomic E-state index is -0.671. The Labute approximate surface area is 85.4 Å². The van der Waals surface area contributed by atoms with Crippen molar-refractivity contribution in [2.75, 3.05) is 19.6 Å². The predicted octanol–water partition coefficient (Wildman–Crippen LogP) is 1.75. The van der Waals surface area contributed by atoms with Crippen LogP contribution in [-0.4, -0.2) is 35.6 Å². The van der Waals surface area contributed by atoms with Gasteiger partial charge >= 0.3 is 5.97 Å². The second kappa shape index (κ2) is 4.13. The number of hydrogen-bond donors (Lipinski definition) is 1. The Balaban J connectivity index is 2.41. The van der Waals surface area contributed by atoms with E-state index in [4.69, 9.17) is 5.11 Å². The highest BCUT2D eigenvalue weighted by Gasteiger charge is 2.39. The molecule has 0 bridgehead atoms. The van der Waals surface area contributed by atoms with E-state index in [9.17, 15) is 4.79 Å². The molecule has 1 aliphatic heterocycles. The lowest BCUT2D eigenvalue weighted by Gasteiger charge is -2.19. The molecule has 0 aromatic rings. The van der Waals surface area contributed by atoms with Gasteiger partial charge in [0.1, 0.15) is 0 Å². The van der Waals surface area contributed by atoms with E-state index >= 15 is 0 Å². The summed E-state index contributed by atoms with van der Waals surface area (Å²) in [6.45, 7) is 10.2. The Kier molecular flexibility index (Phi) is 3.32. The fraction of sp³-hybridized carbons (Fsp3) is 0.727. The van der Waals surface area contributed by atoms with Gasteiger partial charge in [-0.15, -0.1) is 6.58 Å². The SMILES string of the molecule is C=C(C)CCN1CCC(C)(C(=O)O)C1. The summed E-state index contributed by atoms with van der Waals surface area (Å²) in [5.74, 6) is -0.671. The topological polar surface area (TPSA) is 40.5 Å². The number of carboxylic acid groups (broad SMARTS) is 1. The first kappa shape index (κ1) is 11.2. The van der Waals surface area contributed by atoms with Crippen LogP contribution in [0.3, 0.4) is 0 Å². The molecule has 1 N–H and O–H groups in total. The molecule has 0 spiro atoms. The summed E-state index contributed by atoms with van der Waals surface area (Å²) in [5.41, 5.74) is 0.628. The highest BCUT2D eigenvalue weighted by molar-refractivity contribution is 5.74. The van der Waals surface area contributed by atoms with Crippen LogP contribution in [-0.2, 0) is 4.79 Å². The highest BCUT2D eigenvalue weighted by atomic mass is 16.4. The third-order valence-electron chi connectivity index (χ3n) is 2.92. The van der Waals surface area contributed by atoms with Crippen molar-refractivity contribution in [3.05, 3.63) is 12.2 Å². The number of hydrogen-bond acceptors (Lipinski definition) is 2. The lowest BCUT2D eigenvalue weighted by Crippen LogP contribution is -2.32. The minimum absolute atomic E-state index is 0.533. The Hall–Kier alpha value is -0.830. The van der Waals surface area contributed by atoms with Crippen LogP contribution in [0.15, 0.2) is 12.2 Å². The molecular weight excluding hydrogens is 178 g/mol. The van der Waals surface area contributed by atoms with Crippen LogP contribution < -0.4 is 0 Å². The number of nitrogens with zero attached hydrogens (tertiary/aromatic N) is 1. The van der Waals surface area contributed by atoms with Gasteiger partial charge in [0.2, 0.25) is 0 Å². The molecule has 1 rings (SSSR count). The number of carboxylic acids is 1. The van der Waals surface area contributed by atoms with Crippen molar-refractivity contribution in [2.24, 2.45) is 5.41 Å². The van der Waals surface area contributed by atoms with Gasteiger partial charge in [-0.1, -0.05) is 5.57 Å². The zero-order valence-corrected chi connectivity index (χ0v) is 9.05. The fourth-order valence-corrected chi connectivity index (χ4v) is 1.77. The van der Waals surface area contributed by atoms with Crippen molar-refractivity contribution in [1.82, 2.24) is 4.90 Å². The van der Waals surface area contributed by atoms with Gasteiger partial charge in [0.15, 0.2) is 0 Å². The van der Waals surface area contributed by atoms with Gasteiger partial charge in [-0.3, -0.25) is 4.79 Å². The average Bonchev–Trinajstić information content (AvgIpc) is 2.45. The summed E-state index contributed by atoms with van der Waals surface area (Å²) in [7, 11) is 0. The molecule has 0 saturated carbocycles. The average molecular weight is 197 g/mol. The van der Waals surface area contributed by atoms with Gasteiger partial charge in [0, 0.05) is 13.1 Å². The molecule has 1 fully saturated rings. The van der Waals surface area contributed by atoms with Crippen molar-refractivity contribution < 1.29 is 9.90 Å². The Bertz CT molecular complexity index is 250. The molecule has 0 amide bonds. The van der Waals surface area contributed by atoms with E-state index in [0.717, 1.165) is 31.5 Å². The molecule has 0 radical (unpaired) electrons. The van der Waals surface area contributed by atoms with Crippen LogP contribution in [0.5, 0.6) is 0 Å². The molecule has 0 aromatic heterocycles. The highest BCUT2D eigenvalue weighted by Crippen LogP contribution is 2.30. The van der Waals surface area contributed by atoms with Gasteiger partial charge in [-0.2, -0.15) is 0 Å². The summed E-state index contributed by atoms with van der Waals surface area (Å²) in [6, 6.07) is 0. The molecule has 1 aliphatic rings. The molecular formula is C11H19NO2. The number of rotatable bonds is 4. The molecule has 1 heterocycles.